The lowest BCUT2D eigenvalue weighted by atomic mass is 10.1. The van der Waals surface area contributed by atoms with Crippen LogP contribution in [0.1, 0.15) is 21.5 Å². The minimum absolute atomic E-state index is 0.107. The Morgan fingerprint density at radius 2 is 1.78 bits per heavy atom. The van der Waals surface area contributed by atoms with Gasteiger partial charge in [0.2, 0.25) is 5.78 Å². The first-order valence-electron chi connectivity index (χ1n) is 6.86. The second-order valence-electron chi connectivity index (χ2n) is 5.30. The van der Waals surface area contributed by atoms with E-state index < -0.39 is 10.1 Å². The maximum atomic E-state index is 12.3. The number of aryl methyl sites for hydroxylation is 1. The summed E-state index contributed by atoms with van der Waals surface area (Å²) in [4.78, 5) is 12.3. The van der Waals surface area contributed by atoms with Gasteiger partial charge in [0.1, 0.15) is 11.5 Å². The number of fused-ring (bicyclic) bond motifs is 1. The van der Waals surface area contributed by atoms with Crippen LogP contribution in [0.3, 0.4) is 0 Å². The summed E-state index contributed by atoms with van der Waals surface area (Å²) >= 11 is 0. The Bertz CT molecular complexity index is 908. The Kier molecular flexibility index (Phi) is 3.69. The minimum atomic E-state index is -3.63. The number of ketones is 1. The minimum Gasteiger partial charge on any atom is -0.452 e. The molecule has 0 aliphatic carbocycles. The molecule has 0 saturated carbocycles. The Hall–Kier alpha value is -2.60. The van der Waals surface area contributed by atoms with Crippen molar-refractivity contribution < 1.29 is 22.1 Å². The van der Waals surface area contributed by atoms with Crippen molar-refractivity contribution in [1.29, 1.82) is 0 Å². The normalized spacial score (nSPS) is 15.4. The highest BCUT2D eigenvalue weighted by Gasteiger charge is 2.28. The van der Waals surface area contributed by atoms with Gasteiger partial charge in [0.05, 0.1) is 11.8 Å². The summed E-state index contributed by atoms with van der Waals surface area (Å²) in [6.45, 7) is 1.98. The van der Waals surface area contributed by atoms with Crippen molar-refractivity contribution in [3.8, 4) is 11.5 Å². The lowest BCUT2D eigenvalue weighted by Crippen LogP contribution is -2.05. The lowest BCUT2D eigenvalue weighted by molar-refractivity contribution is 0.101. The molecular weight excluding hydrogens is 316 g/mol. The van der Waals surface area contributed by atoms with Crippen LogP contribution in [0.2, 0.25) is 0 Å². The third kappa shape index (κ3) is 3.43. The Morgan fingerprint density at radius 1 is 1.09 bits per heavy atom. The van der Waals surface area contributed by atoms with Gasteiger partial charge in [-0.05, 0) is 30.7 Å². The first kappa shape index (κ1) is 15.3. The molecule has 5 nitrogen and oxygen atoms in total. The molecule has 1 aliphatic heterocycles. The molecule has 0 atom stereocenters. The van der Waals surface area contributed by atoms with Crippen molar-refractivity contribution in [3.63, 3.8) is 0 Å². The average Bonchev–Trinajstić information content (AvgIpc) is 2.76. The van der Waals surface area contributed by atoms with Gasteiger partial charge >= 0.3 is 10.1 Å². The summed E-state index contributed by atoms with van der Waals surface area (Å²) in [6, 6.07) is 12.0. The van der Waals surface area contributed by atoms with Gasteiger partial charge in [0, 0.05) is 6.07 Å². The van der Waals surface area contributed by atoms with Crippen molar-refractivity contribution in [1.82, 2.24) is 0 Å². The summed E-state index contributed by atoms with van der Waals surface area (Å²) in [5.74, 6) is 0.344. The SMILES string of the molecule is Cc1ccc(/C=C2\Oc3cc(OS(C)(=O)=O)ccc3C2=O)cc1. The van der Waals surface area contributed by atoms with Gasteiger partial charge in [-0.1, -0.05) is 29.8 Å². The highest BCUT2D eigenvalue weighted by Crippen LogP contribution is 2.35. The zero-order chi connectivity index (χ0) is 16.6. The van der Waals surface area contributed by atoms with Crippen molar-refractivity contribution >= 4 is 22.0 Å². The van der Waals surface area contributed by atoms with Crippen LogP contribution in [0.4, 0.5) is 0 Å². The van der Waals surface area contributed by atoms with Crippen molar-refractivity contribution in [2.45, 2.75) is 6.92 Å². The molecule has 0 amide bonds. The number of hydrogen-bond acceptors (Lipinski definition) is 5. The van der Waals surface area contributed by atoms with Crippen LogP contribution >= 0.6 is 0 Å². The molecule has 0 spiro atoms. The Balaban J connectivity index is 1.91. The molecule has 118 valence electrons. The zero-order valence-corrected chi connectivity index (χ0v) is 13.4. The number of ether oxygens (including phenoxy) is 1. The van der Waals surface area contributed by atoms with E-state index in [1.807, 2.05) is 31.2 Å². The maximum absolute atomic E-state index is 12.3. The molecule has 0 radical (unpaired) electrons. The first-order valence-corrected chi connectivity index (χ1v) is 8.68. The van der Waals surface area contributed by atoms with Gasteiger partial charge < -0.3 is 8.92 Å². The Labute approximate surface area is 134 Å². The van der Waals surface area contributed by atoms with Gasteiger partial charge in [-0.2, -0.15) is 8.42 Å². The zero-order valence-electron chi connectivity index (χ0n) is 12.6. The molecular formula is C17H14O5S. The van der Waals surface area contributed by atoms with Gasteiger partial charge in [0.15, 0.2) is 5.76 Å². The van der Waals surface area contributed by atoms with Crippen LogP contribution in [-0.4, -0.2) is 20.5 Å². The molecule has 2 aromatic rings. The van der Waals surface area contributed by atoms with Crippen LogP contribution in [0.5, 0.6) is 11.5 Å². The summed E-state index contributed by atoms with van der Waals surface area (Å²) in [6.07, 6.45) is 2.60. The van der Waals surface area contributed by atoms with Gasteiger partial charge in [-0.3, -0.25) is 4.79 Å². The Morgan fingerprint density at radius 3 is 2.43 bits per heavy atom. The summed E-state index contributed by atoms with van der Waals surface area (Å²) in [7, 11) is -3.63. The molecule has 2 aromatic carbocycles. The predicted octanol–water partition coefficient (Wildman–Crippen LogP) is 2.95. The number of hydrogen-bond donors (Lipinski definition) is 0. The first-order chi connectivity index (χ1) is 10.8. The highest BCUT2D eigenvalue weighted by molar-refractivity contribution is 7.86. The molecule has 0 N–H and O–H groups in total. The average molecular weight is 330 g/mol. The molecule has 3 rings (SSSR count). The quantitative estimate of drug-likeness (QED) is 0.639. The number of Topliss-reactive ketones (excluding diaryl/α,β-unsaturated/α-hetero) is 1. The second kappa shape index (κ2) is 5.55. The maximum Gasteiger partial charge on any atom is 0.306 e. The van der Waals surface area contributed by atoms with Gasteiger partial charge in [0.25, 0.3) is 0 Å². The van der Waals surface area contributed by atoms with Crippen LogP contribution in [0, 0.1) is 6.92 Å². The standard InChI is InChI=1S/C17H14O5S/c1-11-3-5-12(6-4-11)9-16-17(18)14-8-7-13(10-15(14)21-16)22-23(2,19)20/h3-10H,1-2H3/b16-9-. The van der Waals surface area contributed by atoms with Crippen LogP contribution < -0.4 is 8.92 Å². The summed E-state index contributed by atoms with van der Waals surface area (Å²) < 4.78 is 32.6. The van der Waals surface area contributed by atoms with E-state index in [0.717, 1.165) is 17.4 Å². The molecule has 0 saturated heterocycles. The largest absolute Gasteiger partial charge is 0.452 e. The van der Waals surface area contributed by atoms with Crippen molar-refractivity contribution in [3.05, 3.63) is 64.9 Å². The van der Waals surface area contributed by atoms with Crippen LogP contribution in [0.25, 0.3) is 6.08 Å². The molecule has 0 fully saturated rings. The number of carbonyl (C=O) groups is 1. The molecule has 1 heterocycles. The van der Waals surface area contributed by atoms with E-state index in [0.29, 0.717) is 5.56 Å². The third-order valence-corrected chi connectivity index (χ3v) is 3.76. The van der Waals surface area contributed by atoms with Crippen molar-refractivity contribution in [2.75, 3.05) is 6.26 Å². The van der Waals surface area contributed by atoms with Gasteiger partial charge in [-0.15, -0.1) is 0 Å². The lowest BCUT2D eigenvalue weighted by Gasteiger charge is -2.04. The van der Waals surface area contributed by atoms with E-state index in [2.05, 4.69) is 0 Å². The molecule has 23 heavy (non-hydrogen) atoms. The van der Waals surface area contributed by atoms with Crippen LogP contribution in [0.15, 0.2) is 48.2 Å². The monoisotopic (exact) mass is 330 g/mol. The third-order valence-electron chi connectivity index (χ3n) is 3.26. The molecule has 0 bridgehead atoms. The molecule has 0 unspecified atom stereocenters. The topological polar surface area (TPSA) is 69.7 Å². The fraction of sp³-hybridized carbons (Fsp3) is 0.118. The molecule has 1 aliphatic rings. The fourth-order valence-corrected chi connectivity index (χ4v) is 2.66. The molecule has 6 heteroatoms. The highest BCUT2D eigenvalue weighted by atomic mass is 32.2. The van der Waals surface area contributed by atoms with E-state index in [1.54, 1.807) is 6.08 Å². The van der Waals surface area contributed by atoms with E-state index in [1.165, 1.54) is 18.2 Å². The van der Waals surface area contributed by atoms with Gasteiger partial charge in [-0.25, -0.2) is 0 Å². The number of carbonyl (C=O) groups excluding carboxylic acids is 1. The van der Waals surface area contributed by atoms with E-state index in [-0.39, 0.29) is 23.0 Å². The van der Waals surface area contributed by atoms with Crippen LogP contribution in [-0.2, 0) is 10.1 Å². The second-order valence-corrected chi connectivity index (χ2v) is 6.87. The number of allylic oxidation sites excluding steroid dienone is 1. The fourth-order valence-electron chi connectivity index (χ4n) is 2.21. The number of benzene rings is 2. The summed E-state index contributed by atoms with van der Waals surface area (Å²) in [5, 5.41) is 0. The summed E-state index contributed by atoms with van der Waals surface area (Å²) in [5.41, 5.74) is 2.35. The number of rotatable bonds is 3. The smallest absolute Gasteiger partial charge is 0.306 e. The van der Waals surface area contributed by atoms with E-state index in [9.17, 15) is 13.2 Å². The molecule has 0 aromatic heterocycles. The van der Waals surface area contributed by atoms with E-state index in [4.69, 9.17) is 8.92 Å². The predicted molar refractivity (Wildman–Crippen MR) is 86.0 cm³/mol. The van der Waals surface area contributed by atoms with Crippen molar-refractivity contribution in [2.24, 2.45) is 0 Å². The van der Waals surface area contributed by atoms with E-state index >= 15 is 0 Å².